The average Bonchev–Trinajstić information content (AvgIpc) is 3.22. The lowest BCUT2D eigenvalue weighted by Gasteiger charge is -2.11. The summed E-state index contributed by atoms with van der Waals surface area (Å²) in [6, 6.07) is 18.8. The number of fused-ring (bicyclic) bond motifs is 1. The minimum absolute atomic E-state index is 0.0257. The van der Waals surface area contributed by atoms with Gasteiger partial charge in [0, 0.05) is 22.7 Å². The first kappa shape index (κ1) is 21.8. The van der Waals surface area contributed by atoms with Gasteiger partial charge in [-0.15, -0.1) is 0 Å². The molecule has 0 bridgehead atoms. The van der Waals surface area contributed by atoms with Gasteiger partial charge >= 0.3 is 0 Å². The molecule has 2 N–H and O–H groups in total. The topological polar surface area (TPSA) is 99.0 Å². The summed E-state index contributed by atoms with van der Waals surface area (Å²) < 4.78 is 21.5. The number of para-hydroxylation sites is 1. The highest BCUT2D eigenvalue weighted by Gasteiger charge is 2.23. The van der Waals surface area contributed by atoms with Crippen molar-refractivity contribution in [3.63, 3.8) is 0 Å². The maximum absolute atomic E-state index is 13.1. The van der Waals surface area contributed by atoms with Crippen LogP contribution in [0.3, 0.4) is 0 Å². The van der Waals surface area contributed by atoms with E-state index in [1.807, 2.05) is 0 Å². The number of carbonyl (C=O) groups excluding carboxylic acids is 2. The number of furan rings is 1. The fraction of sp³-hybridized carbons (Fsp3) is 0.120. The number of methoxy groups -OCH3 is 3. The van der Waals surface area contributed by atoms with E-state index in [0.717, 1.165) is 0 Å². The van der Waals surface area contributed by atoms with Crippen LogP contribution >= 0.6 is 0 Å². The second-order valence-electron chi connectivity index (χ2n) is 7.01. The van der Waals surface area contributed by atoms with Crippen molar-refractivity contribution in [2.45, 2.75) is 0 Å². The van der Waals surface area contributed by atoms with Crippen LogP contribution in [0.5, 0.6) is 17.2 Å². The largest absolute Gasteiger partial charge is 0.497 e. The Morgan fingerprint density at radius 1 is 0.758 bits per heavy atom. The van der Waals surface area contributed by atoms with Crippen molar-refractivity contribution >= 4 is 34.2 Å². The Morgan fingerprint density at radius 2 is 1.55 bits per heavy atom. The number of rotatable bonds is 7. The van der Waals surface area contributed by atoms with E-state index in [4.69, 9.17) is 18.6 Å². The summed E-state index contributed by atoms with van der Waals surface area (Å²) in [5.41, 5.74) is 1.60. The van der Waals surface area contributed by atoms with Crippen molar-refractivity contribution in [3.05, 3.63) is 78.1 Å². The lowest BCUT2D eigenvalue weighted by molar-refractivity contribution is 0.0999. The van der Waals surface area contributed by atoms with Gasteiger partial charge in [0.25, 0.3) is 11.8 Å². The molecule has 33 heavy (non-hydrogen) atoms. The Bertz CT molecular complexity index is 1330. The third kappa shape index (κ3) is 4.45. The van der Waals surface area contributed by atoms with Crippen molar-refractivity contribution in [1.82, 2.24) is 0 Å². The maximum atomic E-state index is 13.1. The maximum Gasteiger partial charge on any atom is 0.293 e. The molecule has 0 saturated heterocycles. The SMILES string of the molecule is COc1cccc(C(=O)Nc2c(C(=O)Nc3ccc(OC)c(OC)c3)oc3ccccc23)c1. The monoisotopic (exact) mass is 446 g/mol. The number of amides is 2. The van der Waals surface area contributed by atoms with Crippen LogP contribution in [-0.2, 0) is 0 Å². The molecule has 8 nitrogen and oxygen atoms in total. The molecule has 1 heterocycles. The van der Waals surface area contributed by atoms with Crippen molar-refractivity contribution in [2.75, 3.05) is 32.0 Å². The Morgan fingerprint density at radius 3 is 2.30 bits per heavy atom. The minimum Gasteiger partial charge on any atom is -0.497 e. The summed E-state index contributed by atoms with van der Waals surface area (Å²) in [4.78, 5) is 26.1. The van der Waals surface area contributed by atoms with Gasteiger partial charge in [-0.25, -0.2) is 0 Å². The van der Waals surface area contributed by atoms with E-state index in [1.165, 1.54) is 21.3 Å². The zero-order chi connectivity index (χ0) is 23.4. The summed E-state index contributed by atoms with van der Waals surface area (Å²) in [5, 5.41) is 6.20. The van der Waals surface area contributed by atoms with Gasteiger partial charge in [-0.1, -0.05) is 18.2 Å². The molecule has 0 fully saturated rings. The molecule has 4 rings (SSSR count). The van der Waals surface area contributed by atoms with Gasteiger partial charge in [0.1, 0.15) is 17.0 Å². The van der Waals surface area contributed by atoms with Gasteiger partial charge in [0.2, 0.25) is 5.76 Å². The molecule has 8 heteroatoms. The molecule has 1 aromatic heterocycles. The lowest BCUT2D eigenvalue weighted by Crippen LogP contribution is -2.17. The van der Waals surface area contributed by atoms with Crippen LogP contribution in [0.15, 0.2) is 71.1 Å². The van der Waals surface area contributed by atoms with Crippen LogP contribution in [0, 0.1) is 0 Å². The number of anilines is 2. The number of hydrogen-bond donors (Lipinski definition) is 2. The first-order valence-electron chi connectivity index (χ1n) is 10.0. The number of hydrogen-bond acceptors (Lipinski definition) is 6. The molecule has 0 saturated carbocycles. The van der Waals surface area contributed by atoms with E-state index in [1.54, 1.807) is 66.7 Å². The minimum atomic E-state index is -0.528. The van der Waals surface area contributed by atoms with E-state index in [9.17, 15) is 9.59 Å². The molecular formula is C25H22N2O6. The molecule has 2 amide bonds. The zero-order valence-electron chi connectivity index (χ0n) is 18.3. The molecule has 0 atom stereocenters. The Balaban J connectivity index is 1.67. The van der Waals surface area contributed by atoms with Gasteiger partial charge in [0.05, 0.1) is 21.3 Å². The third-order valence-electron chi connectivity index (χ3n) is 5.01. The van der Waals surface area contributed by atoms with Crippen LogP contribution in [-0.4, -0.2) is 33.1 Å². The Kier molecular flexibility index (Phi) is 6.17. The molecule has 168 valence electrons. The van der Waals surface area contributed by atoms with Crippen LogP contribution in [0.1, 0.15) is 20.9 Å². The molecular weight excluding hydrogens is 424 g/mol. The molecule has 0 aliphatic heterocycles. The number of nitrogens with one attached hydrogen (secondary N) is 2. The van der Waals surface area contributed by atoms with Crippen molar-refractivity contribution in [2.24, 2.45) is 0 Å². The van der Waals surface area contributed by atoms with E-state index in [2.05, 4.69) is 10.6 Å². The second kappa shape index (κ2) is 9.35. The predicted octanol–water partition coefficient (Wildman–Crippen LogP) is 4.96. The summed E-state index contributed by atoms with van der Waals surface area (Å²) in [7, 11) is 4.56. The highest BCUT2D eigenvalue weighted by Crippen LogP contribution is 2.33. The smallest absolute Gasteiger partial charge is 0.293 e. The van der Waals surface area contributed by atoms with E-state index < -0.39 is 11.8 Å². The van der Waals surface area contributed by atoms with Gasteiger partial charge in [0.15, 0.2) is 11.5 Å². The molecule has 4 aromatic rings. The summed E-state index contributed by atoms with van der Waals surface area (Å²) in [6.07, 6.45) is 0. The second-order valence-corrected chi connectivity index (χ2v) is 7.01. The van der Waals surface area contributed by atoms with Gasteiger partial charge in [-0.3, -0.25) is 9.59 Å². The zero-order valence-corrected chi connectivity index (χ0v) is 18.3. The van der Waals surface area contributed by atoms with Crippen LogP contribution in [0.25, 0.3) is 11.0 Å². The van der Waals surface area contributed by atoms with E-state index in [-0.39, 0.29) is 11.4 Å². The number of ether oxygens (including phenoxy) is 3. The Hall–Kier alpha value is -4.46. The van der Waals surface area contributed by atoms with Crippen LogP contribution < -0.4 is 24.8 Å². The summed E-state index contributed by atoms with van der Waals surface area (Å²) in [6.45, 7) is 0. The number of carbonyl (C=O) groups is 2. The normalized spacial score (nSPS) is 10.5. The molecule has 3 aromatic carbocycles. The van der Waals surface area contributed by atoms with Gasteiger partial charge in [-0.2, -0.15) is 0 Å². The lowest BCUT2D eigenvalue weighted by atomic mass is 10.1. The summed E-state index contributed by atoms with van der Waals surface area (Å²) in [5.74, 6) is 0.588. The molecule has 0 unspecified atom stereocenters. The summed E-state index contributed by atoms with van der Waals surface area (Å²) >= 11 is 0. The fourth-order valence-electron chi connectivity index (χ4n) is 3.38. The van der Waals surface area contributed by atoms with Crippen molar-refractivity contribution in [3.8, 4) is 17.2 Å². The fourth-order valence-corrected chi connectivity index (χ4v) is 3.38. The quantitative estimate of drug-likeness (QED) is 0.416. The first-order chi connectivity index (χ1) is 16.0. The third-order valence-corrected chi connectivity index (χ3v) is 5.01. The van der Waals surface area contributed by atoms with Gasteiger partial charge < -0.3 is 29.3 Å². The standard InChI is InChI=1S/C25H22N2O6/c1-30-17-8-6-7-15(13-17)24(28)27-22-18-9-4-5-10-19(18)33-23(22)25(29)26-16-11-12-20(31-2)21(14-16)32-3/h4-14H,1-3H3,(H,26,29)(H,27,28). The average molecular weight is 446 g/mol. The van der Waals surface area contributed by atoms with Crippen LogP contribution in [0.2, 0.25) is 0 Å². The Labute approximate surface area is 190 Å². The predicted molar refractivity (Wildman–Crippen MR) is 125 cm³/mol. The molecule has 0 spiro atoms. The highest BCUT2D eigenvalue weighted by atomic mass is 16.5. The highest BCUT2D eigenvalue weighted by molar-refractivity contribution is 6.17. The first-order valence-corrected chi connectivity index (χ1v) is 10.0. The number of benzene rings is 3. The van der Waals surface area contributed by atoms with Crippen molar-refractivity contribution in [1.29, 1.82) is 0 Å². The molecule has 0 aliphatic rings. The van der Waals surface area contributed by atoms with Crippen LogP contribution in [0.4, 0.5) is 11.4 Å². The van der Waals surface area contributed by atoms with Gasteiger partial charge in [-0.05, 0) is 42.5 Å². The van der Waals surface area contributed by atoms with E-state index in [0.29, 0.717) is 39.5 Å². The van der Waals surface area contributed by atoms with Crippen molar-refractivity contribution < 1.29 is 28.2 Å². The van der Waals surface area contributed by atoms with E-state index >= 15 is 0 Å². The molecule has 0 radical (unpaired) electrons. The molecule has 0 aliphatic carbocycles.